The number of aromatic nitrogens is 2. The van der Waals surface area contributed by atoms with Crippen LogP contribution in [-0.4, -0.2) is 39.2 Å². The number of unbranched alkanes of at least 4 members (excludes halogenated alkanes) is 2. The Balaban J connectivity index is 1.68. The summed E-state index contributed by atoms with van der Waals surface area (Å²) in [4.78, 5) is 23.0. The minimum absolute atomic E-state index is 0.137. The van der Waals surface area contributed by atoms with Gasteiger partial charge in [-0.05, 0) is 33.1 Å². The molecule has 2 unspecified atom stereocenters. The van der Waals surface area contributed by atoms with Crippen LogP contribution >= 0.6 is 0 Å². The van der Waals surface area contributed by atoms with E-state index in [9.17, 15) is 9.90 Å². The van der Waals surface area contributed by atoms with E-state index in [1.807, 2.05) is 7.05 Å². The molecule has 0 radical (unpaired) electrons. The van der Waals surface area contributed by atoms with Crippen molar-refractivity contribution in [2.24, 2.45) is 0 Å². The van der Waals surface area contributed by atoms with Crippen molar-refractivity contribution in [3.63, 3.8) is 0 Å². The van der Waals surface area contributed by atoms with Gasteiger partial charge in [-0.1, -0.05) is 72.5 Å². The van der Waals surface area contributed by atoms with Crippen LogP contribution in [0.2, 0.25) is 0 Å². The van der Waals surface area contributed by atoms with E-state index in [1.165, 1.54) is 11.1 Å². The van der Waals surface area contributed by atoms with Gasteiger partial charge in [-0.2, -0.15) is 0 Å². The smallest absolute Gasteiger partial charge is 0.303 e. The second-order valence-electron chi connectivity index (χ2n) is 9.37. The third kappa shape index (κ3) is 5.28. The lowest BCUT2D eigenvalue weighted by molar-refractivity contribution is -0.137. The van der Waals surface area contributed by atoms with Crippen molar-refractivity contribution in [2.45, 2.75) is 64.5 Å². The maximum absolute atomic E-state index is 11.0. The Hall–Kier alpha value is -3.25. The number of carboxylic acid groups (broad SMARTS) is 1. The van der Waals surface area contributed by atoms with Crippen LogP contribution in [0, 0.1) is 13.8 Å². The predicted octanol–water partition coefficient (Wildman–Crippen LogP) is 5.70. The minimum atomic E-state index is -0.748. The average molecular weight is 460 g/mol. The first-order valence-electron chi connectivity index (χ1n) is 12.0. The fraction of sp³-hybridized carbons (Fsp3) is 0.393. The van der Waals surface area contributed by atoms with E-state index in [4.69, 9.17) is 15.1 Å². The Kier molecular flexibility index (Phi) is 7.27. The topological polar surface area (TPSA) is 86.6 Å². The van der Waals surface area contributed by atoms with Crippen molar-refractivity contribution in [1.29, 1.82) is 0 Å². The Morgan fingerprint density at radius 2 is 1.47 bits per heavy atom. The molecular formula is C28H33N3O3. The lowest BCUT2D eigenvalue weighted by atomic mass is 9.94. The SMILES string of the molecule is Cc1ccc(-c2nc3c(nc2-c2ccc(C)cc2)N(C)C(CCCCCC(=O)O)CC3O)cc1. The molecule has 6 nitrogen and oxygen atoms in total. The van der Waals surface area contributed by atoms with Crippen LogP contribution in [0.15, 0.2) is 48.5 Å². The molecule has 0 bridgehead atoms. The Morgan fingerprint density at radius 3 is 2.03 bits per heavy atom. The van der Waals surface area contributed by atoms with E-state index in [0.29, 0.717) is 18.5 Å². The monoisotopic (exact) mass is 459 g/mol. The molecule has 2 aromatic carbocycles. The normalized spacial score (nSPS) is 17.5. The summed E-state index contributed by atoms with van der Waals surface area (Å²) in [7, 11) is 2.02. The number of hydrogen-bond donors (Lipinski definition) is 2. The number of nitrogens with zero attached hydrogens (tertiary/aromatic N) is 3. The van der Waals surface area contributed by atoms with Crippen LogP contribution < -0.4 is 4.90 Å². The van der Waals surface area contributed by atoms with Gasteiger partial charge in [0.15, 0.2) is 5.82 Å². The van der Waals surface area contributed by atoms with Crippen LogP contribution in [0.3, 0.4) is 0 Å². The van der Waals surface area contributed by atoms with Crippen LogP contribution in [0.25, 0.3) is 22.5 Å². The summed E-state index contributed by atoms with van der Waals surface area (Å²) in [5.74, 6) is -0.0249. The highest BCUT2D eigenvalue weighted by atomic mass is 16.4. The second-order valence-corrected chi connectivity index (χ2v) is 9.37. The van der Waals surface area contributed by atoms with E-state index in [1.54, 1.807) is 0 Å². The molecule has 1 aliphatic heterocycles. The van der Waals surface area contributed by atoms with Gasteiger partial charge in [0.2, 0.25) is 0 Å². The predicted molar refractivity (Wildman–Crippen MR) is 135 cm³/mol. The Bertz CT molecular complexity index is 1140. The van der Waals surface area contributed by atoms with Gasteiger partial charge in [0.1, 0.15) is 11.8 Å². The quantitative estimate of drug-likeness (QED) is 0.420. The number of aliphatic hydroxyl groups is 1. The first-order valence-corrected chi connectivity index (χ1v) is 12.0. The van der Waals surface area contributed by atoms with E-state index < -0.39 is 12.1 Å². The average Bonchev–Trinajstić information content (AvgIpc) is 2.82. The molecular weight excluding hydrogens is 426 g/mol. The highest BCUT2D eigenvalue weighted by molar-refractivity contribution is 5.80. The van der Waals surface area contributed by atoms with Gasteiger partial charge in [0.05, 0.1) is 11.4 Å². The van der Waals surface area contributed by atoms with Gasteiger partial charge in [-0.25, -0.2) is 9.97 Å². The summed E-state index contributed by atoms with van der Waals surface area (Å²) in [6.45, 7) is 4.12. The number of carbonyl (C=O) groups is 1. The van der Waals surface area contributed by atoms with Crippen LogP contribution in [-0.2, 0) is 4.79 Å². The van der Waals surface area contributed by atoms with Crippen molar-refractivity contribution in [2.75, 3.05) is 11.9 Å². The third-order valence-corrected chi connectivity index (χ3v) is 6.67. The van der Waals surface area contributed by atoms with Gasteiger partial charge in [-0.3, -0.25) is 4.79 Å². The zero-order valence-electron chi connectivity index (χ0n) is 20.2. The molecule has 0 amide bonds. The first kappa shape index (κ1) is 23.9. The van der Waals surface area contributed by atoms with Crippen molar-refractivity contribution in [3.8, 4) is 22.5 Å². The lowest BCUT2D eigenvalue weighted by Crippen LogP contribution is -2.39. The van der Waals surface area contributed by atoms with Gasteiger partial charge in [0.25, 0.3) is 0 Å². The number of aryl methyl sites for hydroxylation is 2. The minimum Gasteiger partial charge on any atom is -0.481 e. The van der Waals surface area contributed by atoms with Crippen molar-refractivity contribution in [1.82, 2.24) is 9.97 Å². The molecule has 0 saturated carbocycles. The van der Waals surface area contributed by atoms with Crippen molar-refractivity contribution >= 4 is 11.8 Å². The number of anilines is 1. The molecule has 0 spiro atoms. The first-order chi connectivity index (χ1) is 16.3. The van der Waals surface area contributed by atoms with E-state index in [0.717, 1.165) is 47.6 Å². The summed E-state index contributed by atoms with van der Waals surface area (Å²) in [5, 5.41) is 19.9. The summed E-state index contributed by atoms with van der Waals surface area (Å²) < 4.78 is 0. The number of aliphatic hydroxyl groups excluding tert-OH is 1. The number of benzene rings is 2. The summed E-state index contributed by atoms with van der Waals surface area (Å²) in [5.41, 5.74) is 6.55. The van der Waals surface area contributed by atoms with E-state index in [2.05, 4.69) is 67.3 Å². The maximum Gasteiger partial charge on any atom is 0.303 e. The fourth-order valence-corrected chi connectivity index (χ4v) is 4.59. The lowest BCUT2D eigenvalue weighted by Gasteiger charge is -2.37. The number of aliphatic carboxylic acids is 1. The largest absolute Gasteiger partial charge is 0.481 e. The highest BCUT2D eigenvalue weighted by Gasteiger charge is 2.33. The number of rotatable bonds is 8. The molecule has 178 valence electrons. The molecule has 4 rings (SSSR count). The van der Waals surface area contributed by atoms with Crippen molar-refractivity contribution in [3.05, 3.63) is 65.4 Å². The van der Waals surface area contributed by atoms with Crippen LogP contribution in [0.5, 0.6) is 0 Å². The maximum atomic E-state index is 11.0. The molecule has 3 aromatic rings. The summed E-state index contributed by atoms with van der Waals surface area (Å²) in [6, 6.07) is 16.7. The van der Waals surface area contributed by atoms with E-state index >= 15 is 0 Å². The van der Waals surface area contributed by atoms with E-state index in [-0.39, 0.29) is 12.5 Å². The van der Waals surface area contributed by atoms with Gasteiger partial charge >= 0.3 is 5.97 Å². The zero-order valence-corrected chi connectivity index (χ0v) is 20.2. The summed E-state index contributed by atoms with van der Waals surface area (Å²) >= 11 is 0. The molecule has 34 heavy (non-hydrogen) atoms. The molecule has 0 aliphatic carbocycles. The second kappa shape index (κ2) is 10.3. The fourth-order valence-electron chi connectivity index (χ4n) is 4.59. The molecule has 1 aliphatic rings. The van der Waals surface area contributed by atoms with Crippen molar-refractivity contribution < 1.29 is 15.0 Å². The Morgan fingerprint density at radius 1 is 0.912 bits per heavy atom. The molecule has 0 fully saturated rings. The molecule has 0 saturated heterocycles. The van der Waals surface area contributed by atoms with Crippen LogP contribution in [0.4, 0.5) is 5.82 Å². The Labute approximate surface area is 201 Å². The number of fused-ring (bicyclic) bond motifs is 1. The molecule has 1 aromatic heterocycles. The molecule has 6 heteroatoms. The zero-order chi connectivity index (χ0) is 24.2. The standard InChI is InChI=1S/C28H33N3O3/c1-18-9-13-20(14-10-18)25-26(21-15-11-19(2)12-16-21)30-28-27(29-25)23(32)17-22(31(28)3)7-5-4-6-8-24(33)34/h9-16,22-23,32H,4-8,17H2,1-3H3,(H,33,34). The highest BCUT2D eigenvalue weighted by Crippen LogP contribution is 2.40. The summed E-state index contributed by atoms with van der Waals surface area (Å²) in [6.07, 6.45) is 3.47. The molecule has 2 heterocycles. The molecule has 2 N–H and O–H groups in total. The molecule has 2 atom stereocenters. The number of carboxylic acids is 1. The van der Waals surface area contributed by atoms with Crippen LogP contribution in [0.1, 0.15) is 61.4 Å². The van der Waals surface area contributed by atoms with Gasteiger partial charge < -0.3 is 15.1 Å². The number of hydrogen-bond acceptors (Lipinski definition) is 5. The van der Waals surface area contributed by atoms with Gasteiger partial charge in [-0.15, -0.1) is 0 Å². The third-order valence-electron chi connectivity index (χ3n) is 6.67. The van der Waals surface area contributed by atoms with Gasteiger partial charge in [0, 0.05) is 30.6 Å².